The van der Waals surface area contributed by atoms with E-state index in [2.05, 4.69) is 0 Å². The third-order valence-electron chi connectivity index (χ3n) is 0. The van der Waals surface area contributed by atoms with E-state index in [1.807, 2.05) is 0 Å². The van der Waals surface area contributed by atoms with Gasteiger partial charge in [-0.25, -0.2) is 0 Å². The van der Waals surface area contributed by atoms with Crippen molar-refractivity contribution in [3.05, 3.63) is 0 Å². The van der Waals surface area contributed by atoms with Gasteiger partial charge in [0.2, 0.25) is 0 Å². The normalized spacial score (nSPS) is 0. The van der Waals surface area contributed by atoms with Crippen LogP contribution in [0.1, 0.15) is 0 Å². The molecule has 0 nitrogen and oxygen atoms in total. The summed E-state index contributed by atoms with van der Waals surface area (Å²) in [4.78, 5) is 0. The van der Waals surface area contributed by atoms with Crippen molar-refractivity contribution in [2.24, 2.45) is 0 Å². The Morgan fingerprint density at radius 3 is 1.00 bits per heavy atom. The number of rotatable bonds is 0. The van der Waals surface area contributed by atoms with Crippen LogP contribution in [0.5, 0.6) is 0 Å². The predicted molar refractivity (Wildman–Crippen MR) is 35.7 cm³/mol. The molecular formula is H5CsKLiNaRb. The van der Waals surface area contributed by atoms with Crippen LogP contribution in [0.2, 0.25) is 0 Å². The van der Waals surface area contributed by atoms with E-state index in [9.17, 15) is 0 Å². The molecule has 0 aliphatic rings. The minimum absolute atomic E-state index is 0. The van der Waals surface area contributed by atoms with E-state index in [0.29, 0.717) is 0 Å². The molecule has 0 N–H and O–H groups in total. The first kappa shape index (κ1) is 29.6. The molecule has 0 bridgehead atoms. The quantitative estimate of drug-likeness (QED) is 0.412. The van der Waals surface area contributed by atoms with E-state index < -0.39 is 0 Å². The van der Waals surface area contributed by atoms with Gasteiger partial charge in [0.25, 0.3) is 0 Å². The first-order chi connectivity index (χ1) is 0. The molecule has 0 aliphatic heterocycles. The molecule has 5 heavy (non-hydrogen) atoms. The maximum absolute atomic E-state index is 0. The molecule has 0 saturated heterocycles. The minimum atomic E-state index is 0. The zero-order valence-corrected chi connectivity index (χ0v) is 0. The molecule has 10 valence electrons. The molecule has 0 aliphatic carbocycles. The van der Waals surface area contributed by atoms with Gasteiger partial charge in [-0.1, -0.05) is 0 Å². The van der Waals surface area contributed by atoms with Crippen molar-refractivity contribution in [2.45, 2.75) is 0 Å². The second kappa shape index (κ2) is 22.5. The van der Waals surface area contributed by atoms with E-state index in [4.69, 9.17) is 0 Å². The van der Waals surface area contributed by atoms with E-state index in [0.717, 1.165) is 0 Å². The fourth-order valence-electron chi connectivity index (χ4n) is 0. The Kier molecular flexibility index (Phi) is 133. The molecule has 0 radical (unpaired) electrons. The van der Waals surface area contributed by atoms with Gasteiger partial charge < -0.3 is 0 Å². The van der Waals surface area contributed by atoms with Crippen molar-refractivity contribution in [1.82, 2.24) is 0 Å². The van der Waals surface area contributed by atoms with Crippen LogP contribution in [0.3, 0.4) is 0 Å². The number of hydrogen-bond acceptors (Lipinski definition) is 0. The summed E-state index contributed by atoms with van der Waals surface area (Å²) in [5.41, 5.74) is 0. The molecule has 0 fully saturated rings. The van der Waals surface area contributed by atoms with Crippen molar-refractivity contribution in [2.75, 3.05) is 0 Å². The maximum atomic E-state index is 0. The van der Waals surface area contributed by atoms with Crippen LogP contribution < -0.4 is 0 Å². The molecule has 0 saturated carbocycles. The van der Waals surface area contributed by atoms with Gasteiger partial charge in [0.1, 0.15) is 0 Å². The summed E-state index contributed by atoms with van der Waals surface area (Å²) in [5, 5.41) is 0. The van der Waals surface area contributed by atoms with Crippen molar-refractivity contribution in [1.29, 1.82) is 0 Å². The third-order valence-corrected chi connectivity index (χ3v) is 0. The Morgan fingerprint density at radius 2 is 1.00 bits per heavy atom. The Balaban J connectivity index is 0. The van der Waals surface area contributed by atoms with Gasteiger partial charge in [-0.2, -0.15) is 0 Å². The summed E-state index contributed by atoms with van der Waals surface area (Å²) in [6.07, 6.45) is 0. The van der Waals surface area contributed by atoms with Gasteiger partial charge in [0.05, 0.1) is 0 Å². The van der Waals surface area contributed by atoms with Crippen LogP contribution in [0, 0.1) is 0 Å². The molecule has 0 atom stereocenters. The molecule has 0 heterocycles. The molecular weight excluding hydrogens is 287 g/mol. The van der Waals surface area contributed by atoms with Crippen LogP contribution in [0.25, 0.3) is 0 Å². The summed E-state index contributed by atoms with van der Waals surface area (Å²) >= 11 is 0. The summed E-state index contributed by atoms with van der Waals surface area (Å²) in [6, 6.07) is 0. The Morgan fingerprint density at radius 1 is 1.00 bits per heavy atom. The van der Waals surface area contributed by atoms with Gasteiger partial charge in [-0.3, -0.25) is 0 Å². The molecule has 0 unspecified atom stereocenters. The van der Waals surface area contributed by atoms with Crippen LogP contribution >= 0.6 is 0 Å². The molecule has 0 aromatic carbocycles. The van der Waals surface area contributed by atoms with Gasteiger partial charge in [-0.05, 0) is 0 Å². The average Bonchev–Trinajstić information content (AvgIpc) is 0. The number of hydrogen-bond donors (Lipinski definition) is 0. The van der Waals surface area contributed by atoms with E-state index >= 15 is 0 Å². The first-order valence-electron chi connectivity index (χ1n) is 0. The molecule has 0 aromatic rings. The van der Waals surface area contributed by atoms with Gasteiger partial charge in [0.15, 0.2) is 0 Å². The Bertz CT molecular complexity index is 11.6. The summed E-state index contributed by atoms with van der Waals surface area (Å²) in [5.74, 6) is 0. The molecule has 0 amide bonds. The van der Waals surface area contributed by atoms with Crippen molar-refractivity contribution < 1.29 is 0 Å². The zero-order chi connectivity index (χ0) is 0. The second-order valence-corrected chi connectivity index (χ2v) is 0. The van der Waals surface area contributed by atoms with Crippen LogP contribution in [-0.4, -0.2) is 227 Å². The average molecular weight is 292 g/mol. The van der Waals surface area contributed by atoms with E-state index in [1.54, 1.807) is 0 Å². The molecule has 0 spiro atoms. The van der Waals surface area contributed by atoms with E-state index in [-0.39, 0.29) is 227 Å². The van der Waals surface area contributed by atoms with Crippen LogP contribution in [0.4, 0.5) is 0 Å². The fraction of sp³-hybridized carbons (Fsp3) is 0. The molecule has 0 aromatic heterocycles. The van der Waals surface area contributed by atoms with Gasteiger partial charge in [0, 0.05) is 0 Å². The molecule has 5 heteroatoms. The summed E-state index contributed by atoms with van der Waals surface area (Å²) in [7, 11) is 0. The van der Waals surface area contributed by atoms with Crippen molar-refractivity contribution in [3.63, 3.8) is 0 Å². The van der Waals surface area contributed by atoms with Gasteiger partial charge >= 0.3 is 227 Å². The summed E-state index contributed by atoms with van der Waals surface area (Å²) < 4.78 is 0. The Hall–Kier alpha value is 7.09. The monoisotopic (exact) mass is 292 g/mol. The molecule has 0 rings (SSSR count). The van der Waals surface area contributed by atoms with Gasteiger partial charge in [-0.15, -0.1) is 0 Å². The Labute approximate surface area is 218 Å². The van der Waals surface area contributed by atoms with Crippen LogP contribution in [0.15, 0.2) is 0 Å². The second-order valence-electron chi connectivity index (χ2n) is 0. The first-order valence-corrected chi connectivity index (χ1v) is 0. The standard InChI is InChI=1S/Cs.K.Li.Na.Rb.5H. The van der Waals surface area contributed by atoms with Crippen molar-refractivity contribution >= 4 is 227 Å². The topological polar surface area (TPSA) is 0 Å². The summed E-state index contributed by atoms with van der Waals surface area (Å²) in [6.45, 7) is 0. The fourth-order valence-corrected chi connectivity index (χ4v) is 0. The van der Waals surface area contributed by atoms with Crippen molar-refractivity contribution in [3.8, 4) is 0 Å². The van der Waals surface area contributed by atoms with E-state index in [1.165, 1.54) is 0 Å². The predicted octanol–water partition coefficient (Wildman–Crippen LogP) is -3.24. The zero-order valence-electron chi connectivity index (χ0n) is 0. The van der Waals surface area contributed by atoms with Crippen LogP contribution in [-0.2, 0) is 0 Å². The SMILES string of the molecule is [CsH].[KH].[LiH].[NaH].[RbH]. The third kappa shape index (κ3) is 18.2.